The standard InChI is InChI=1S/C19H30N2O3/c1-15(2)18(8-10-22)20-19(23)12-17-14-21(9-11-24-17)13-16-6-4-3-5-7-16/h3-7,15,17-18,22H,8-14H2,1-2H3,(H,20,23). The van der Waals surface area contributed by atoms with Gasteiger partial charge in [0, 0.05) is 32.3 Å². The van der Waals surface area contributed by atoms with E-state index in [9.17, 15) is 4.79 Å². The van der Waals surface area contributed by atoms with Crippen LogP contribution in [0.1, 0.15) is 32.3 Å². The van der Waals surface area contributed by atoms with Crippen LogP contribution in [0, 0.1) is 5.92 Å². The summed E-state index contributed by atoms with van der Waals surface area (Å²) in [5, 5.41) is 12.1. The van der Waals surface area contributed by atoms with Crippen molar-refractivity contribution in [3.8, 4) is 0 Å². The van der Waals surface area contributed by atoms with Gasteiger partial charge in [0.25, 0.3) is 0 Å². The maximum absolute atomic E-state index is 12.3. The molecule has 1 aliphatic heterocycles. The quantitative estimate of drug-likeness (QED) is 0.761. The van der Waals surface area contributed by atoms with Crippen molar-refractivity contribution in [1.82, 2.24) is 10.2 Å². The van der Waals surface area contributed by atoms with Crippen molar-refractivity contribution in [2.75, 3.05) is 26.3 Å². The molecule has 0 aliphatic carbocycles. The van der Waals surface area contributed by atoms with Crippen LogP contribution < -0.4 is 5.32 Å². The molecule has 2 rings (SSSR count). The van der Waals surface area contributed by atoms with E-state index in [1.165, 1.54) is 5.56 Å². The van der Waals surface area contributed by atoms with Gasteiger partial charge in [-0.2, -0.15) is 0 Å². The highest BCUT2D eigenvalue weighted by molar-refractivity contribution is 5.76. The second-order valence-corrected chi connectivity index (χ2v) is 6.85. The van der Waals surface area contributed by atoms with Gasteiger partial charge in [0.05, 0.1) is 19.1 Å². The number of morpholine rings is 1. The van der Waals surface area contributed by atoms with Crippen molar-refractivity contribution >= 4 is 5.91 Å². The molecule has 1 aromatic carbocycles. The number of hydrogen-bond acceptors (Lipinski definition) is 4. The summed E-state index contributed by atoms with van der Waals surface area (Å²) < 4.78 is 5.77. The molecule has 0 radical (unpaired) electrons. The van der Waals surface area contributed by atoms with Gasteiger partial charge in [0.1, 0.15) is 0 Å². The van der Waals surface area contributed by atoms with Gasteiger partial charge in [0.15, 0.2) is 0 Å². The molecule has 134 valence electrons. The Bertz CT molecular complexity index is 493. The molecule has 0 saturated carbocycles. The molecule has 1 heterocycles. The fourth-order valence-corrected chi connectivity index (χ4v) is 3.07. The molecule has 24 heavy (non-hydrogen) atoms. The molecule has 1 fully saturated rings. The van der Waals surface area contributed by atoms with E-state index in [1.54, 1.807) is 0 Å². The van der Waals surface area contributed by atoms with Crippen molar-refractivity contribution in [2.45, 2.75) is 45.4 Å². The van der Waals surface area contributed by atoms with Gasteiger partial charge in [0.2, 0.25) is 5.91 Å². The molecule has 2 unspecified atom stereocenters. The number of rotatable bonds is 8. The highest BCUT2D eigenvalue weighted by Gasteiger charge is 2.24. The first kappa shape index (κ1) is 18.9. The highest BCUT2D eigenvalue weighted by Crippen LogP contribution is 2.13. The Morgan fingerprint density at radius 2 is 2.12 bits per heavy atom. The van der Waals surface area contributed by atoms with Crippen LogP contribution in [0.4, 0.5) is 0 Å². The Hall–Kier alpha value is -1.43. The van der Waals surface area contributed by atoms with Crippen molar-refractivity contribution < 1.29 is 14.6 Å². The third kappa shape index (κ3) is 6.23. The molecule has 2 N–H and O–H groups in total. The number of ether oxygens (including phenoxy) is 1. The molecule has 0 aromatic heterocycles. The van der Waals surface area contributed by atoms with Crippen LogP contribution in [0.5, 0.6) is 0 Å². The summed E-state index contributed by atoms with van der Waals surface area (Å²) in [6.07, 6.45) is 0.902. The summed E-state index contributed by atoms with van der Waals surface area (Å²) in [5.74, 6) is 0.316. The number of aliphatic hydroxyl groups excluding tert-OH is 1. The van der Waals surface area contributed by atoms with E-state index in [4.69, 9.17) is 9.84 Å². The monoisotopic (exact) mass is 334 g/mol. The molecule has 5 heteroatoms. The summed E-state index contributed by atoms with van der Waals surface area (Å²) in [5.41, 5.74) is 1.28. The molecule has 2 atom stereocenters. The maximum atomic E-state index is 12.3. The fourth-order valence-electron chi connectivity index (χ4n) is 3.07. The lowest BCUT2D eigenvalue weighted by molar-refractivity contribution is -0.127. The third-order valence-electron chi connectivity index (χ3n) is 4.48. The van der Waals surface area contributed by atoms with Gasteiger partial charge in [-0.1, -0.05) is 44.2 Å². The van der Waals surface area contributed by atoms with Crippen molar-refractivity contribution in [1.29, 1.82) is 0 Å². The molecular formula is C19H30N2O3. The summed E-state index contributed by atoms with van der Waals surface area (Å²) in [6.45, 7) is 7.42. The topological polar surface area (TPSA) is 61.8 Å². The van der Waals surface area contributed by atoms with Gasteiger partial charge >= 0.3 is 0 Å². The molecule has 5 nitrogen and oxygen atoms in total. The van der Waals surface area contributed by atoms with E-state index < -0.39 is 0 Å². The van der Waals surface area contributed by atoms with Gasteiger partial charge < -0.3 is 15.2 Å². The lowest BCUT2D eigenvalue weighted by Gasteiger charge is -2.33. The van der Waals surface area contributed by atoms with E-state index >= 15 is 0 Å². The van der Waals surface area contributed by atoms with Gasteiger partial charge in [-0.3, -0.25) is 9.69 Å². The zero-order valence-electron chi connectivity index (χ0n) is 14.8. The van der Waals surface area contributed by atoms with E-state index in [0.717, 1.165) is 19.6 Å². The highest BCUT2D eigenvalue weighted by atomic mass is 16.5. The summed E-state index contributed by atoms with van der Waals surface area (Å²) in [7, 11) is 0. The number of carbonyl (C=O) groups excluding carboxylic acids is 1. The number of benzene rings is 1. The largest absolute Gasteiger partial charge is 0.396 e. The normalized spacial score (nSPS) is 20.1. The van der Waals surface area contributed by atoms with Gasteiger partial charge in [-0.05, 0) is 17.9 Å². The minimum atomic E-state index is -0.0654. The number of nitrogens with one attached hydrogen (secondary N) is 1. The fraction of sp³-hybridized carbons (Fsp3) is 0.632. The predicted molar refractivity (Wildman–Crippen MR) is 94.5 cm³/mol. The Morgan fingerprint density at radius 1 is 1.38 bits per heavy atom. The third-order valence-corrected chi connectivity index (χ3v) is 4.48. The van der Waals surface area contributed by atoms with Crippen LogP contribution in [0.25, 0.3) is 0 Å². The van der Waals surface area contributed by atoms with Gasteiger partial charge in [-0.15, -0.1) is 0 Å². The van der Waals surface area contributed by atoms with Crippen LogP contribution in [-0.4, -0.2) is 54.4 Å². The molecule has 0 spiro atoms. The van der Waals surface area contributed by atoms with Crippen LogP contribution in [0.2, 0.25) is 0 Å². The first-order valence-corrected chi connectivity index (χ1v) is 8.86. The smallest absolute Gasteiger partial charge is 0.222 e. The lowest BCUT2D eigenvalue weighted by atomic mass is 10.0. The predicted octanol–water partition coefficient (Wildman–Crippen LogP) is 1.80. The van der Waals surface area contributed by atoms with Crippen LogP contribution in [0.15, 0.2) is 30.3 Å². The maximum Gasteiger partial charge on any atom is 0.222 e. The number of nitrogens with zero attached hydrogens (tertiary/aromatic N) is 1. The zero-order chi connectivity index (χ0) is 17.4. The van der Waals surface area contributed by atoms with E-state index in [-0.39, 0.29) is 24.7 Å². The molecule has 0 bridgehead atoms. The SMILES string of the molecule is CC(C)C(CCO)NC(=O)CC1CN(Cc2ccccc2)CCO1. The van der Waals surface area contributed by atoms with Crippen molar-refractivity contribution in [3.05, 3.63) is 35.9 Å². The lowest BCUT2D eigenvalue weighted by Crippen LogP contribution is -2.46. The Morgan fingerprint density at radius 3 is 2.79 bits per heavy atom. The molecule has 1 aliphatic rings. The summed E-state index contributed by atoms with van der Waals surface area (Å²) in [6, 6.07) is 10.4. The molecule has 1 amide bonds. The number of hydrogen-bond donors (Lipinski definition) is 2. The van der Waals surface area contributed by atoms with Crippen LogP contribution in [-0.2, 0) is 16.1 Å². The zero-order valence-corrected chi connectivity index (χ0v) is 14.8. The number of carbonyl (C=O) groups is 1. The Kier molecular flexibility index (Phi) is 7.69. The average Bonchev–Trinajstić information content (AvgIpc) is 2.55. The van der Waals surface area contributed by atoms with Crippen molar-refractivity contribution in [3.63, 3.8) is 0 Å². The number of amides is 1. The minimum Gasteiger partial charge on any atom is -0.396 e. The molecular weight excluding hydrogens is 304 g/mol. The average molecular weight is 334 g/mol. The Labute approximate surface area is 145 Å². The van der Waals surface area contributed by atoms with Gasteiger partial charge in [-0.25, -0.2) is 0 Å². The molecule has 1 saturated heterocycles. The van der Waals surface area contributed by atoms with Crippen LogP contribution in [0.3, 0.4) is 0 Å². The van der Waals surface area contributed by atoms with E-state index in [2.05, 4.69) is 36.2 Å². The second-order valence-electron chi connectivity index (χ2n) is 6.85. The summed E-state index contributed by atoms with van der Waals surface area (Å²) in [4.78, 5) is 14.6. The summed E-state index contributed by atoms with van der Waals surface area (Å²) >= 11 is 0. The van der Waals surface area contributed by atoms with Crippen molar-refractivity contribution in [2.24, 2.45) is 5.92 Å². The second kappa shape index (κ2) is 9.77. The van der Waals surface area contributed by atoms with E-state index in [0.29, 0.717) is 25.4 Å². The van der Waals surface area contributed by atoms with Crippen LogP contribution >= 0.6 is 0 Å². The first-order chi connectivity index (χ1) is 11.6. The van der Waals surface area contributed by atoms with E-state index in [1.807, 2.05) is 18.2 Å². The Balaban J connectivity index is 1.80. The first-order valence-electron chi connectivity index (χ1n) is 8.86. The molecule has 1 aromatic rings. The number of aliphatic hydroxyl groups is 1. The minimum absolute atomic E-state index is 0.00807.